The monoisotopic (exact) mass is 337 g/mol. The normalized spacial score (nSPS) is 15.8. The molecule has 0 aromatic heterocycles. The fraction of sp³-hybridized carbons (Fsp3) is 0.381. The van der Waals surface area contributed by atoms with Gasteiger partial charge in [-0.25, -0.2) is 0 Å². The Morgan fingerprint density at radius 1 is 1.20 bits per heavy atom. The summed E-state index contributed by atoms with van der Waals surface area (Å²) in [5, 5.41) is 6.44. The number of hydrogen-bond acceptors (Lipinski definition) is 3. The van der Waals surface area contributed by atoms with E-state index < -0.39 is 0 Å². The highest BCUT2D eigenvalue weighted by molar-refractivity contribution is 5.98. The number of hydrogen-bond donors (Lipinski definition) is 2. The summed E-state index contributed by atoms with van der Waals surface area (Å²) < 4.78 is 0. The van der Waals surface area contributed by atoms with E-state index in [-0.39, 0.29) is 11.9 Å². The minimum Gasteiger partial charge on any atom is -0.373 e. The molecule has 2 aromatic carbocycles. The molecular weight excluding hydrogens is 310 g/mol. The Balaban J connectivity index is 1.65. The molecule has 0 spiro atoms. The van der Waals surface area contributed by atoms with E-state index in [0.717, 1.165) is 37.4 Å². The number of nitrogens with zero attached hydrogens (tertiary/aromatic N) is 1. The Labute approximate surface area is 150 Å². The maximum absolute atomic E-state index is 12.7. The van der Waals surface area contributed by atoms with Crippen LogP contribution in [0.5, 0.6) is 0 Å². The van der Waals surface area contributed by atoms with Gasteiger partial charge in [0.25, 0.3) is 0 Å². The minimum atomic E-state index is -0.206. The molecule has 0 saturated heterocycles. The van der Waals surface area contributed by atoms with Crippen LogP contribution < -0.4 is 10.6 Å². The molecule has 132 valence electrons. The number of carbonyl (C=O) groups excluding carboxylic acids is 1. The zero-order valence-electron chi connectivity index (χ0n) is 15.3. The number of para-hydroxylation sites is 1. The molecular formula is C21H27N3O. The SMILES string of the molecule is CCN(CC)Cc1cccc(NC(=O)C2Cc3cccc(C)c3N2)c1. The lowest BCUT2D eigenvalue weighted by Crippen LogP contribution is -2.32. The van der Waals surface area contributed by atoms with Gasteiger partial charge in [0, 0.05) is 24.3 Å². The van der Waals surface area contributed by atoms with Gasteiger partial charge < -0.3 is 10.6 Å². The van der Waals surface area contributed by atoms with Crippen LogP contribution >= 0.6 is 0 Å². The standard InChI is InChI=1S/C21H27N3O/c1-4-24(5-2)14-16-9-7-11-18(12-16)22-21(25)19-13-17-10-6-8-15(3)20(17)23-19/h6-12,19,23H,4-5,13-14H2,1-3H3,(H,22,25). The van der Waals surface area contributed by atoms with Crippen LogP contribution in [-0.2, 0) is 17.8 Å². The molecule has 2 aromatic rings. The van der Waals surface area contributed by atoms with Gasteiger partial charge in [0.15, 0.2) is 0 Å². The van der Waals surface area contributed by atoms with Gasteiger partial charge in [-0.1, -0.05) is 44.2 Å². The Kier molecular flexibility index (Phi) is 5.39. The molecule has 4 heteroatoms. The molecule has 25 heavy (non-hydrogen) atoms. The van der Waals surface area contributed by atoms with Crippen molar-refractivity contribution in [1.82, 2.24) is 4.90 Å². The molecule has 1 amide bonds. The zero-order chi connectivity index (χ0) is 17.8. The van der Waals surface area contributed by atoms with E-state index in [1.54, 1.807) is 0 Å². The molecule has 0 bridgehead atoms. The summed E-state index contributed by atoms with van der Waals surface area (Å²) in [6, 6.07) is 14.2. The number of benzene rings is 2. The van der Waals surface area contributed by atoms with Gasteiger partial charge in [0.2, 0.25) is 5.91 Å². The van der Waals surface area contributed by atoms with Crippen LogP contribution in [0.1, 0.15) is 30.5 Å². The number of anilines is 2. The highest BCUT2D eigenvalue weighted by Crippen LogP contribution is 2.29. The van der Waals surface area contributed by atoms with E-state index in [9.17, 15) is 4.79 Å². The van der Waals surface area contributed by atoms with E-state index in [1.807, 2.05) is 18.2 Å². The molecule has 1 aliphatic rings. The van der Waals surface area contributed by atoms with Crippen molar-refractivity contribution in [3.8, 4) is 0 Å². The maximum Gasteiger partial charge on any atom is 0.247 e. The second kappa shape index (κ2) is 7.70. The summed E-state index contributed by atoms with van der Waals surface area (Å²) >= 11 is 0. The van der Waals surface area contributed by atoms with Crippen molar-refractivity contribution in [2.24, 2.45) is 0 Å². The summed E-state index contributed by atoms with van der Waals surface area (Å²) in [7, 11) is 0. The van der Waals surface area contributed by atoms with Gasteiger partial charge in [-0.15, -0.1) is 0 Å². The van der Waals surface area contributed by atoms with Crippen LogP contribution in [0.25, 0.3) is 0 Å². The molecule has 1 heterocycles. The van der Waals surface area contributed by atoms with Crippen LogP contribution in [-0.4, -0.2) is 29.9 Å². The summed E-state index contributed by atoms with van der Waals surface area (Å²) in [5.41, 5.74) is 5.60. The Morgan fingerprint density at radius 2 is 1.96 bits per heavy atom. The van der Waals surface area contributed by atoms with Gasteiger partial charge in [0.1, 0.15) is 6.04 Å². The van der Waals surface area contributed by atoms with Crippen LogP contribution in [0.3, 0.4) is 0 Å². The number of fused-ring (bicyclic) bond motifs is 1. The number of amides is 1. The molecule has 1 aliphatic heterocycles. The predicted octanol–water partition coefficient (Wildman–Crippen LogP) is 3.81. The van der Waals surface area contributed by atoms with Crippen molar-refractivity contribution in [3.05, 3.63) is 59.2 Å². The van der Waals surface area contributed by atoms with Gasteiger partial charge in [0.05, 0.1) is 0 Å². The van der Waals surface area contributed by atoms with Crippen molar-refractivity contribution < 1.29 is 4.79 Å². The van der Waals surface area contributed by atoms with Crippen molar-refractivity contribution in [3.63, 3.8) is 0 Å². The fourth-order valence-corrected chi connectivity index (χ4v) is 3.39. The largest absolute Gasteiger partial charge is 0.373 e. The summed E-state index contributed by atoms with van der Waals surface area (Å²) in [4.78, 5) is 15.0. The van der Waals surface area contributed by atoms with E-state index in [2.05, 4.69) is 60.6 Å². The second-order valence-electron chi connectivity index (χ2n) is 6.66. The van der Waals surface area contributed by atoms with E-state index in [1.165, 1.54) is 16.7 Å². The highest BCUT2D eigenvalue weighted by atomic mass is 16.2. The topological polar surface area (TPSA) is 44.4 Å². The van der Waals surface area contributed by atoms with Crippen LogP contribution in [0.15, 0.2) is 42.5 Å². The molecule has 3 rings (SSSR count). The first-order chi connectivity index (χ1) is 12.1. The highest BCUT2D eigenvalue weighted by Gasteiger charge is 2.27. The van der Waals surface area contributed by atoms with Gasteiger partial charge in [-0.05, 0) is 48.8 Å². The molecule has 1 unspecified atom stereocenters. The van der Waals surface area contributed by atoms with Crippen molar-refractivity contribution in [1.29, 1.82) is 0 Å². The number of rotatable bonds is 6. The molecule has 0 fully saturated rings. The quantitative estimate of drug-likeness (QED) is 0.842. The summed E-state index contributed by atoms with van der Waals surface area (Å²) in [6.07, 6.45) is 0.738. The number of aryl methyl sites for hydroxylation is 1. The second-order valence-corrected chi connectivity index (χ2v) is 6.66. The Morgan fingerprint density at radius 3 is 2.68 bits per heavy atom. The van der Waals surface area contributed by atoms with E-state index >= 15 is 0 Å². The third kappa shape index (κ3) is 4.02. The molecule has 2 N–H and O–H groups in total. The molecule has 0 radical (unpaired) electrons. The smallest absolute Gasteiger partial charge is 0.247 e. The minimum absolute atomic E-state index is 0.0237. The van der Waals surface area contributed by atoms with E-state index in [0.29, 0.717) is 0 Å². The maximum atomic E-state index is 12.7. The predicted molar refractivity (Wildman–Crippen MR) is 104 cm³/mol. The lowest BCUT2D eigenvalue weighted by Gasteiger charge is -2.19. The fourth-order valence-electron chi connectivity index (χ4n) is 3.39. The van der Waals surface area contributed by atoms with Gasteiger partial charge in [-0.3, -0.25) is 9.69 Å². The third-order valence-corrected chi connectivity index (χ3v) is 4.91. The number of nitrogens with one attached hydrogen (secondary N) is 2. The lowest BCUT2D eigenvalue weighted by atomic mass is 10.1. The van der Waals surface area contributed by atoms with Crippen LogP contribution in [0, 0.1) is 6.92 Å². The van der Waals surface area contributed by atoms with Crippen molar-refractivity contribution in [2.75, 3.05) is 23.7 Å². The molecule has 0 saturated carbocycles. The van der Waals surface area contributed by atoms with E-state index in [4.69, 9.17) is 0 Å². The number of carbonyl (C=O) groups is 1. The van der Waals surface area contributed by atoms with Gasteiger partial charge >= 0.3 is 0 Å². The first kappa shape index (κ1) is 17.5. The Bertz CT molecular complexity index is 753. The summed E-state index contributed by atoms with van der Waals surface area (Å²) in [5.74, 6) is 0.0237. The van der Waals surface area contributed by atoms with Crippen LogP contribution in [0.2, 0.25) is 0 Å². The summed E-state index contributed by atoms with van der Waals surface area (Å²) in [6.45, 7) is 9.36. The molecule has 0 aliphatic carbocycles. The van der Waals surface area contributed by atoms with Crippen LogP contribution in [0.4, 0.5) is 11.4 Å². The van der Waals surface area contributed by atoms with Crippen molar-refractivity contribution in [2.45, 2.75) is 39.8 Å². The molecule has 1 atom stereocenters. The zero-order valence-corrected chi connectivity index (χ0v) is 15.3. The Hall–Kier alpha value is -2.33. The van der Waals surface area contributed by atoms with Gasteiger partial charge in [-0.2, -0.15) is 0 Å². The van der Waals surface area contributed by atoms with Crippen molar-refractivity contribution >= 4 is 17.3 Å². The lowest BCUT2D eigenvalue weighted by molar-refractivity contribution is -0.116. The third-order valence-electron chi connectivity index (χ3n) is 4.91. The average molecular weight is 337 g/mol. The molecule has 4 nitrogen and oxygen atoms in total. The first-order valence-electron chi connectivity index (χ1n) is 9.08. The average Bonchev–Trinajstić information content (AvgIpc) is 3.06. The first-order valence-corrected chi connectivity index (χ1v) is 9.08.